The van der Waals surface area contributed by atoms with Crippen molar-refractivity contribution in [1.29, 1.82) is 0 Å². The van der Waals surface area contributed by atoms with Crippen LogP contribution in [0.5, 0.6) is 5.75 Å². The van der Waals surface area contributed by atoms with Crippen LogP contribution in [0, 0.1) is 0 Å². The molecule has 2 heterocycles. The Hall–Kier alpha value is -1.13. The quantitative estimate of drug-likeness (QED) is 0.835. The van der Waals surface area contributed by atoms with E-state index in [-0.39, 0.29) is 6.10 Å². The average molecular weight is 222 g/mol. The molecule has 0 spiro atoms. The molecule has 16 heavy (non-hydrogen) atoms. The highest BCUT2D eigenvalue weighted by Crippen LogP contribution is 2.16. The van der Waals surface area contributed by atoms with Crippen molar-refractivity contribution >= 4 is 0 Å². The van der Waals surface area contributed by atoms with Gasteiger partial charge in [-0.25, -0.2) is 0 Å². The van der Waals surface area contributed by atoms with Gasteiger partial charge in [0.25, 0.3) is 0 Å². The molecule has 0 radical (unpaired) electrons. The maximum absolute atomic E-state index is 5.83. The predicted molar refractivity (Wildman–Crippen MR) is 61.5 cm³/mol. The topological polar surface area (TPSA) is 43.4 Å². The van der Waals surface area contributed by atoms with Crippen LogP contribution in [0.15, 0.2) is 18.3 Å². The molecular weight excluding hydrogens is 204 g/mol. The maximum Gasteiger partial charge on any atom is 0.138 e. The molecule has 0 bridgehead atoms. The minimum Gasteiger partial charge on any atom is -0.489 e. The Morgan fingerprint density at radius 3 is 2.88 bits per heavy atom. The fraction of sp³-hybridized carbons (Fsp3) is 0.583. The molecule has 1 aliphatic heterocycles. The summed E-state index contributed by atoms with van der Waals surface area (Å²) in [6.07, 6.45) is 4.02. The van der Waals surface area contributed by atoms with E-state index in [1.165, 1.54) is 0 Å². The Morgan fingerprint density at radius 2 is 2.25 bits per heavy atom. The smallest absolute Gasteiger partial charge is 0.138 e. The Morgan fingerprint density at radius 1 is 1.44 bits per heavy atom. The molecule has 88 valence electrons. The molecule has 0 amide bonds. The Kier molecular flexibility index (Phi) is 4.13. The van der Waals surface area contributed by atoms with Gasteiger partial charge in [0.05, 0.1) is 25.1 Å². The van der Waals surface area contributed by atoms with Crippen LogP contribution in [-0.4, -0.2) is 31.3 Å². The molecule has 0 unspecified atom stereocenters. The second-order valence-corrected chi connectivity index (χ2v) is 3.95. The SMILES string of the molecule is CNCc1ccc(OC2CCOCC2)cn1. The molecule has 1 fully saturated rings. The number of nitrogens with zero attached hydrogens (tertiary/aromatic N) is 1. The van der Waals surface area contributed by atoms with Crippen LogP contribution >= 0.6 is 0 Å². The highest BCUT2D eigenvalue weighted by atomic mass is 16.5. The average Bonchev–Trinajstić information content (AvgIpc) is 2.33. The van der Waals surface area contributed by atoms with E-state index in [0.29, 0.717) is 0 Å². The summed E-state index contributed by atoms with van der Waals surface area (Å²) in [7, 11) is 1.91. The fourth-order valence-corrected chi connectivity index (χ4v) is 1.75. The fourth-order valence-electron chi connectivity index (χ4n) is 1.75. The van der Waals surface area contributed by atoms with E-state index in [1.54, 1.807) is 6.20 Å². The van der Waals surface area contributed by atoms with Crippen molar-refractivity contribution in [2.24, 2.45) is 0 Å². The van der Waals surface area contributed by atoms with Gasteiger partial charge in [0.2, 0.25) is 0 Å². The van der Waals surface area contributed by atoms with Crippen molar-refractivity contribution in [3.05, 3.63) is 24.0 Å². The summed E-state index contributed by atoms with van der Waals surface area (Å²) in [4.78, 5) is 4.32. The van der Waals surface area contributed by atoms with Gasteiger partial charge in [-0.15, -0.1) is 0 Å². The van der Waals surface area contributed by atoms with Crippen molar-refractivity contribution in [3.63, 3.8) is 0 Å². The summed E-state index contributed by atoms with van der Waals surface area (Å²) in [5.41, 5.74) is 1.03. The summed E-state index contributed by atoms with van der Waals surface area (Å²) >= 11 is 0. The van der Waals surface area contributed by atoms with Crippen LogP contribution in [0.2, 0.25) is 0 Å². The summed E-state index contributed by atoms with van der Waals surface area (Å²) in [5, 5.41) is 3.06. The van der Waals surface area contributed by atoms with Gasteiger partial charge in [-0.05, 0) is 19.2 Å². The molecule has 4 heteroatoms. The van der Waals surface area contributed by atoms with Crippen LogP contribution < -0.4 is 10.1 Å². The first-order valence-electron chi connectivity index (χ1n) is 5.72. The third-order valence-electron chi connectivity index (χ3n) is 2.63. The number of nitrogens with one attached hydrogen (secondary N) is 1. The number of pyridine rings is 1. The second-order valence-electron chi connectivity index (χ2n) is 3.95. The third kappa shape index (κ3) is 3.18. The molecule has 1 aromatic heterocycles. The number of aromatic nitrogens is 1. The lowest BCUT2D eigenvalue weighted by atomic mass is 10.1. The van der Waals surface area contributed by atoms with Crippen LogP contribution in [0.1, 0.15) is 18.5 Å². The largest absolute Gasteiger partial charge is 0.489 e. The Bertz CT molecular complexity index is 307. The minimum absolute atomic E-state index is 0.283. The summed E-state index contributed by atoms with van der Waals surface area (Å²) in [5.74, 6) is 0.853. The lowest BCUT2D eigenvalue weighted by Crippen LogP contribution is -2.25. The second kappa shape index (κ2) is 5.82. The van der Waals surface area contributed by atoms with Gasteiger partial charge in [0.15, 0.2) is 0 Å². The minimum atomic E-state index is 0.283. The summed E-state index contributed by atoms with van der Waals surface area (Å²) < 4.78 is 11.1. The van der Waals surface area contributed by atoms with Crippen LogP contribution in [0.4, 0.5) is 0 Å². The zero-order valence-electron chi connectivity index (χ0n) is 9.61. The Balaban J connectivity index is 1.88. The molecule has 1 N–H and O–H groups in total. The van der Waals surface area contributed by atoms with E-state index in [0.717, 1.165) is 44.0 Å². The Labute approximate surface area is 96.0 Å². The first-order chi connectivity index (χ1) is 7.88. The molecule has 0 aromatic carbocycles. The lowest BCUT2D eigenvalue weighted by molar-refractivity contribution is 0.0254. The van der Waals surface area contributed by atoms with Crippen LogP contribution in [0.3, 0.4) is 0 Å². The molecule has 1 aliphatic rings. The zero-order valence-corrected chi connectivity index (χ0v) is 9.61. The van der Waals surface area contributed by atoms with E-state index in [4.69, 9.17) is 9.47 Å². The van der Waals surface area contributed by atoms with Crippen LogP contribution in [0.25, 0.3) is 0 Å². The molecule has 0 saturated carbocycles. The third-order valence-corrected chi connectivity index (χ3v) is 2.63. The van der Waals surface area contributed by atoms with Crippen LogP contribution in [-0.2, 0) is 11.3 Å². The van der Waals surface area contributed by atoms with Crippen molar-refractivity contribution in [3.8, 4) is 5.75 Å². The van der Waals surface area contributed by atoms with E-state index in [1.807, 2.05) is 19.2 Å². The van der Waals surface area contributed by atoms with Crippen molar-refractivity contribution in [2.75, 3.05) is 20.3 Å². The van der Waals surface area contributed by atoms with Crippen molar-refractivity contribution in [2.45, 2.75) is 25.5 Å². The van der Waals surface area contributed by atoms with Gasteiger partial charge in [0, 0.05) is 19.4 Å². The number of hydrogen-bond donors (Lipinski definition) is 1. The number of hydrogen-bond acceptors (Lipinski definition) is 4. The standard InChI is InChI=1S/C12H18N2O2/c1-13-8-10-2-3-12(9-14-10)16-11-4-6-15-7-5-11/h2-3,9,11,13H,4-8H2,1H3. The number of rotatable bonds is 4. The predicted octanol–water partition coefficient (Wildman–Crippen LogP) is 1.36. The van der Waals surface area contributed by atoms with Gasteiger partial charge < -0.3 is 14.8 Å². The molecule has 0 aliphatic carbocycles. The van der Waals surface area contributed by atoms with E-state index in [9.17, 15) is 0 Å². The molecule has 2 rings (SSSR count). The maximum atomic E-state index is 5.83. The van der Waals surface area contributed by atoms with Gasteiger partial charge in [-0.2, -0.15) is 0 Å². The van der Waals surface area contributed by atoms with E-state index in [2.05, 4.69) is 10.3 Å². The first-order valence-corrected chi connectivity index (χ1v) is 5.72. The molecule has 1 saturated heterocycles. The number of ether oxygens (including phenoxy) is 2. The molecular formula is C12H18N2O2. The monoisotopic (exact) mass is 222 g/mol. The van der Waals surface area contributed by atoms with Gasteiger partial charge in [-0.3, -0.25) is 4.98 Å². The summed E-state index contributed by atoms with van der Waals surface area (Å²) in [6, 6.07) is 3.97. The van der Waals surface area contributed by atoms with Gasteiger partial charge >= 0.3 is 0 Å². The summed E-state index contributed by atoms with van der Waals surface area (Å²) in [6.45, 7) is 2.39. The van der Waals surface area contributed by atoms with Crippen molar-refractivity contribution in [1.82, 2.24) is 10.3 Å². The lowest BCUT2D eigenvalue weighted by Gasteiger charge is -2.23. The molecule has 4 nitrogen and oxygen atoms in total. The molecule has 1 aromatic rings. The normalized spacial score (nSPS) is 17.3. The molecule has 0 atom stereocenters. The highest BCUT2D eigenvalue weighted by Gasteiger charge is 2.15. The van der Waals surface area contributed by atoms with Gasteiger partial charge in [-0.1, -0.05) is 0 Å². The van der Waals surface area contributed by atoms with Gasteiger partial charge in [0.1, 0.15) is 11.9 Å². The first kappa shape index (κ1) is 11.4. The zero-order chi connectivity index (χ0) is 11.2. The highest BCUT2D eigenvalue weighted by molar-refractivity contribution is 5.20. The van der Waals surface area contributed by atoms with E-state index >= 15 is 0 Å². The van der Waals surface area contributed by atoms with Crippen molar-refractivity contribution < 1.29 is 9.47 Å². The van der Waals surface area contributed by atoms with E-state index < -0.39 is 0 Å².